The smallest absolute Gasteiger partial charge is 0.291 e. The fourth-order valence-corrected chi connectivity index (χ4v) is 3.10. The Morgan fingerprint density at radius 1 is 0.875 bits per heavy atom. The minimum atomic E-state index is -0.766. The summed E-state index contributed by atoms with van der Waals surface area (Å²) in [7, 11) is 0. The highest BCUT2D eigenvalue weighted by Crippen LogP contribution is 2.17. The Bertz CT molecular complexity index is 1050. The molecule has 0 fully saturated rings. The van der Waals surface area contributed by atoms with Crippen LogP contribution in [0.1, 0.15) is 40.3 Å². The molecular weight excluding hydrogens is 406 g/mol. The molecule has 2 aromatic carbocycles. The molecule has 1 aromatic heterocycles. The highest BCUT2D eigenvalue weighted by molar-refractivity contribution is 6.08. The number of benzene rings is 2. The molecule has 0 saturated heterocycles. The van der Waals surface area contributed by atoms with Gasteiger partial charge >= 0.3 is 0 Å². The number of nitrogens with one attached hydrogen (secondary N) is 3. The average Bonchev–Trinajstić information content (AvgIpc) is 3.33. The summed E-state index contributed by atoms with van der Waals surface area (Å²) in [6.45, 7) is 4.52. The molecule has 166 valence electrons. The zero-order valence-corrected chi connectivity index (χ0v) is 18.1. The molecule has 3 aromatic rings. The Hall–Kier alpha value is -3.87. The van der Waals surface area contributed by atoms with Crippen LogP contribution >= 0.6 is 0 Å². The number of carbonyl (C=O) groups is 3. The zero-order valence-electron chi connectivity index (χ0n) is 18.1. The fourth-order valence-electron chi connectivity index (χ4n) is 3.10. The van der Waals surface area contributed by atoms with E-state index in [4.69, 9.17) is 4.42 Å². The number of hydrogen-bond acceptors (Lipinski definition) is 4. The van der Waals surface area contributed by atoms with Crippen LogP contribution in [0.5, 0.6) is 0 Å². The Labute approximate surface area is 187 Å². The van der Waals surface area contributed by atoms with Gasteiger partial charge in [-0.2, -0.15) is 0 Å². The van der Waals surface area contributed by atoms with Crippen LogP contribution in [0.15, 0.2) is 77.4 Å². The summed E-state index contributed by atoms with van der Waals surface area (Å²) >= 11 is 0. The van der Waals surface area contributed by atoms with Crippen LogP contribution in [0.4, 0.5) is 5.69 Å². The molecule has 1 unspecified atom stereocenters. The van der Waals surface area contributed by atoms with E-state index in [1.54, 1.807) is 30.3 Å². The van der Waals surface area contributed by atoms with Gasteiger partial charge in [0.05, 0.1) is 17.5 Å². The number of amides is 3. The number of para-hydroxylation sites is 1. The van der Waals surface area contributed by atoms with Crippen molar-refractivity contribution >= 4 is 23.4 Å². The number of anilines is 1. The first-order chi connectivity index (χ1) is 15.4. The van der Waals surface area contributed by atoms with Gasteiger partial charge < -0.3 is 20.4 Å². The third-order valence-corrected chi connectivity index (χ3v) is 4.75. The van der Waals surface area contributed by atoms with E-state index in [2.05, 4.69) is 16.0 Å². The van der Waals surface area contributed by atoms with Gasteiger partial charge in [0.2, 0.25) is 5.91 Å². The van der Waals surface area contributed by atoms with E-state index in [0.717, 1.165) is 5.56 Å². The van der Waals surface area contributed by atoms with Crippen molar-refractivity contribution in [2.24, 2.45) is 5.92 Å². The Balaban J connectivity index is 1.77. The summed E-state index contributed by atoms with van der Waals surface area (Å²) < 4.78 is 5.11. The van der Waals surface area contributed by atoms with E-state index >= 15 is 0 Å². The second-order valence-corrected chi connectivity index (χ2v) is 7.83. The molecule has 3 rings (SSSR count). The van der Waals surface area contributed by atoms with Gasteiger partial charge in [-0.3, -0.25) is 14.4 Å². The van der Waals surface area contributed by atoms with Gasteiger partial charge in [-0.25, -0.2) is 0 Å². The molecule has 7 nitrogen and oxygen atoms in total. The number of rotatable bonds is 9. The Kier molecular flexibility index (Phi) is 7.80. The first-order valence-corrected chi connectivity index (χ1v) is 10.5. The third kappa shape index (κ3) is 6.31. The summed E-state index contributed by atoms with van der Waals surface area (Å²) in [4.78, 5) is 38.3. The van der Waals surface area contributed by atoms with E-state index < -0.39 is 17.9 Å². The highest BCUT2D eigenvalue weighted by atomic mass is 16.3. The van der Waals surface area contributed by atoms with E-state index in [-0.39, 0.29) is 23.1 Å². The van der Waals surface area contributed by atoms with Crippen LogP contribution in [0.25, 0.3) is 0 Å². The molecule has 0 aliphatic rings. The van der Waals surface area contributed by atoms with E-state index in [1.165, 1.54) is 12.3 Å². The first-order valence-electron chi connectivity index (χ1n) is 10.5. The number of furan rings is 1. The largest absolute Gasteiger partial charge is 0.459 e. The highest BCUT2D eigenvalue weighted by Gasteiger charge is 2.24. The molecule has 7 heteroatoms. The second kappa shape index (κ2) is 10.9. The maximum Gasteiger partial charge on any atom is 0.291 e. The molecule has 0 radical (unpaired) electrons. The van der Waals surface area contributed by atoms with Crippen molar-refractivity contribution in [3.8, 4) is 0 Å². The van der Waals surface area contributed by atoms with Crippen LogP contribution in [-0.2, 0) is 11.2 Å². The van der Waals surface area contributed by atoms with Gasteiger partial charge in [-0.15, -0.1) is 0 Å². The first kappa shape index (κ1) is 22.8. The van der Waals surface area contributed by atoms with Crippen molar-refractivity contribution in [3.05, 3.63) is 89.9 Å². The van der Waals surface area contributed by atoms with Crippen LogP contribution in [0, 0.1) is 5.92 Å². The molecule has 0 aliphatic carbocycles. The van der Waals surface area contributed by atoms with Gasteiger partial charge in [0.15, 0.2) is 5.76 Å². The van der Waals surface area contributed by atoms with Gasteiger partial charge in [-0.05, 0) is 35.7 Å². The number of carbonyl (C=O) groups excluding carboxylic acids is 3. The van der Waals surface area contributed by atoms with Gasteiger partial charge in [0.1, 0.15) is 6.04 Å². The summed E-state index contributed by atoms with van der Waals surface area (Å²) in [5, 5.41) is 8.41. The predicted molar refractivity (Wildman–Crippen MR) is 122 cm³/mol. The van der Waals surface area contributed by atoms with Crippen molar-refractivity contribution < 1.29 is 18.8 Å². The SMILES string of the molecule is CC(C)CNC(=O)C(Cc1ccccc1)NC(=O)c1ccccc1NC(=O)c1ccco1. The van der Waals surface area contributed by atoms with Gasteiger partial charge in [-0.1, -0.05) is 56.3 Å². The van der Waals surface area contributed by atoms with E-state index in [0.29, 0.717) is 18.7 Å². The normalized spacial score (nSPS) is 11.6. The van der Waals surface area contributed by atoms with Crippen molar-refractivity contribution in [1.29, 1.82) is 0 Å². The second-order valence-electron chi connectivity index (χ2n) is 7.83. The maximum atomic E-state index is 13.1. The summed E-state index contributed by atoms with van der Waals surface area (Å²) in [6.07, 6.45) is 1.74. The molecule has 1 heterocycles. The van der Waals surface area contributed by atoms with E-state index in [9.17, 15) is 14.4 Å². The Morgan fingerprint density at radius 3 is 2.28 bits per heavy atom. The molecular formula is C25H27N3O4. The lowest BCUT2D eigenvalue weighted by Crippen LogP contribution is -2.48. The molecule has 0 saturated carbocycles. The van der Waals surface area contributed by atoms with Crippen LogP contribution < -0.4 is 16.0 Å². The molecule has 0 spiro atoms. The standard InChI is InChI=1S/C25H27N3O4/c1-17(2)16-26-24(30)21(15-18-9-4-3-5-10-18)28-23(29)19-11-6-7-12-20(19)27-25(31)22-13-8-14-32-22/h3-14,17,21H,15-16H2,1-2H3,(H,26,30)(H,27,31)(H,28,29). The van der Waals surface area contributed by atoms with Crippen LogP contribution in [0.3, 0.4) is 0 Å². The molecule has 3 N–H and O–H groups in total. The lowest BCUT2D eigenvalue weighted by atomic mass is 10.0. The quantitative estimate of drug-likeness (QED) is 0.480. The molecule has 0 bridgehead atoms. The lowest BCUT2D eigenvalue weighted by Gasteiger charge is -2.20. The topological polar surface area (TPSA) is 100 Å². The fraction of sp³-hybridized carbons (Fsp3) is 0.240. The Morgan fingerprint density at radius 2 is 1.59 bits per heavy atom. The van der Waals surface area contributed by atoms with Crippen molar-refractivity contribution in [3.63, 3.8) is 0 Å². The van der Waals surface area contributed by atoms with Crippen LogP contribution in [0.2, 0.25) is 0 Å². The molecule has 32 heavy (non-hydrogen) atoms. The number of hydrogen-bond donors (Lipinski definition) is 3. The van der Waals surface area contributed by atoms with Gasteiger partial charge in [0.25, 0.3) is 11.8 Å². The molecule has 1 atom stereocenters. The average molecular weight is 434 g/mol. The monoisotopic (exact) mass is 433 g/mol. The maximum absolute atomic E-state index is 13.1. The van der Waals surface area contributed by atoms with Crippen molar-refractivity contribution in [1.82, 2.24) is 10.6 Å². The van der Waals surface area contributed by atoms with Crippen LogP contribution in [-0.4, -0.2) is 30.3 Å². The molecule has 3 amide bonds. The van der Waals surface area contributed by atoms with E-state index in [1.807, 2.05) is 44.2 Å². The molecule has 0 aliphatic heterocycles. The minimum absolute atomic E-state index is 0.134. The zero-order chi connectivity index (χ0) is 22.9. The third-order valence-electron chi connectivity index (χ3n) is 4.75. The summed E-state index contributed by atoms with van der Waals surface area (Å²) in [5.41, 5.74) is 1.51. The van der Waals surface area contributed by atoms with Crippen molar-refractivity contribution in [2.75, 3.05) is 11.9 Å². The summed E-state index contributed by atoms with van der Waals surface area (Å²) in [5.74, 6) is -0.764. The van der Waals surface area contributed by atoms with Gasteiger partial charge in [0, 0.05) is 13.0 Å². The van der Waals surface area contributed by atoms with Crippen molar-refractivity contribution in [2.45, 2.75) is 26.3 Å². The lowest BCUT2D eigenvalue weighted by molar-refractivity contribution is -0.123. The predicted octanol–water partition coefficient (Wildman–Crippen LogP) is 3.65. The summed E-state index contributed by atoms with van der Waals surface area (Å²) in [6, 6.07) is 18.5. The minimum Gasteiger partial charge on any atom is -0.459 e.